The molecule has 4 rings (SSSR count). The van der Waals surface area contributed by atoms with Gasteiger partial charge in [-0.3, -0.25) is 23.9 Å². The summed E-state index contributed by atoms with van der Waals surface area (Å²) >= 11 is 0. The number of rotatable bonds is 5. The third kappa shape index (κ3) is 4.16. The van der Waals surface area contributed by atoms with E-state index in [1.807, 2.05) is 30.3 Å². The number of hydrogen-bond donors (Lipinski definition) is 3. The van der Waals surface area contributed by atoms with E-state index in [4.69, 9.17) is 0 Å². The topological polar surface area (TPSA) is 113 Å². The Kier molecular flexibility index (Phi) is 5.48. The molecule has 2 amide bonds. The zero-order chi connectivity index (χ0) is 22.0. The molecule has 0 fully saturated rings. The molecule has 1 aliphatic heterocycles. The zero-order valence-electron chi connectivity index (χ0n) is 16.4. The van der Waals surface area contributed by atoms with Crippen LogP contribution in [0.1, 0.15) is 23.5 Å². The van der Waals surface area contributed by atoms with Crippen molar-refractivity contribution in [2.24, 2.45) is 0 Å². The fourth-order valence-corrected chi connectivity index (χ4v) is 3.62. The Morgan fingerprint density at radius 1 is 1.06 bits per heavy atom. The first-order valence-electron chi connectivity index (χ1n) is 9.70. The van der Waals surface area contributed by atoms with Crippen molar-refractivity contribution in [3.63, 3.8) is 0 Å². The second kappa shape index (κ2) is 8.39. The van der Waals surface area contributed by atoms with Gasteiger partial charge in [-0.05, 0) is 24.1 Å². The number of benzene rings is 2. The van der Waals surface area contributed by atoms with Gasteiger partial charge in [0, 0.05) is 13.0 Å². The number of halogens is 1. The molecule has 0 radical (unpaired) electrons. The summed E-state index contributed by atoms with van der Waals surface area (Å²) in [6.07, 6.45) is 0.175. The van der Waals surface area contributed by atoms with Crippen LogP contribution in [-0.2, 0) is 22.6 Å². The molecule has 31 heavy (non-hydrogen) atoms. The number of nitrogens with one attached hydrogen (secondary N) is 3. The Balaban J connectivity index is 1.70. The molecule has 1 atom stereocenters. The van der Waals surface area contributed by atoms with E-state index in [1.165, 1.54) is 22.8 Å². The monoisotopic (exact) mass is 422 g/mol. The molecule has 1 aliphatic rings. The number of fused-ring (bicyclic) bond motifs is 1. The normalized spacial score (nSPS) is 15.1. The van der Waals surface area contributed by atoms with Crippen LogP contribution in [0, 0.1) is 5.82 Å². The number of para-hydroxylation sites is 1. The second-order valence-electron chi connectivity index (χ2n) is 7.18. The molecule has 0 aliphatic carbocycles. The molecule has 8 nitrogen and oxygen atoms in total. The van der Waals surface area contributed by atoms with Gasteiger partial charge in [-0.25, -0.2) is 9.18 Å². The predicted molar refractivity (Wildman–Crippen MR) is 112 cm³/mol. The van der Waals surface area contributed by atoms with Crippen LogP contribution in [0.4, 0.5) is 15.9 Å². The van der Waals surface area contributed by atoms with Crippen molar-refractivity contribution in [2.75, 3.05) is 10.6 Å². The fourth-order valence-electron chi connectivity index (χ4n) is 3.62. The predicted octanol–water partition coefficient (Wildman–Crippen LogP) is 1.98. The van der Waals surface area contributed by atoms with Gasteiger partial charge in [0.2, 0.25) is 11.8 Å². The van der Waals surface area contributed by atoms with Crippen LogP contribution in [0.2, 0.25) is 0 Å². The molecule has 3 N–H and O–H groups in total. The third-order valence-electron chi connectivity index (χ3n) is 5.15. The van der Waals surface area contributed by atoms with Gasteiger partial charge in [-0.1, -0.05) is 42.5 Å². The number of aromatic amines is 1. The number of amides is 2. The van der Waals surface area contributed by atoms with Crippen molar-refractivity contribution < 1.29 is 14.0 Å². The van der Waals surface area contributed by atoms with Crippen LogP contribution in [0.5, 0.6) is 0 Å². The van der Waals surface area contributed by atoms with Crippen molar-refractivity contribution in [3.05, 3.63) is 92.4 Å². The van der Waals surface area contributed by atoms with Crippen LogP contribution >= 0.6 is 0 Å². The van der Waals surface area contributed by atoms with E-state index in [-0.39, 0.29) is 30.0 Å². The van der Waals surface area contributed by atoms with E-state index < -0.39 is 34.8 Å². The maximum Gasteiger partial charge on any atom is 0.329 e. The highest BCUT2D eigenvalue weighted by Crippen LogP contribution is 2.30. The summed E-state index contributed by atoms with van der Waals surface area (Å²) in [5.74, 6) is -3.04. The van der Waals surface area contributed by atoms with Crippen molar-refractivity contribution >= 4 is 23.3 Å². The molecular formula is C22H19FN4O4. The van der Waals surface area contributed by atoms with Gasteiger partial charge < -0.3 is 10.6 Å². The molecule has 158 valence electrons. The molecular weight excluding hydrogens is 403 g/mol. The Labute approximate surface area is 175 Å². The highest BCUT2D eigenvalue weighted by Gasteiger charge is 2.35. The van der Waals surface area contributed by atoms with Gasteiger partial charge in [0.25, 0.3) is 5.56 Å². The summed E-state index contributed by atoms with van der Waals surface area (Å²) in [7, 11) is 0. The van der Waals surface area contributed by atoms with Gasteiger partial charge in [0.15, 0.2) is 0 Å². The van der Waals surface area contributed by atoms with Gasteiger partial charge in [0.1, 0.15) is 11.6 Å². The van der Waals surface area contributed by atoms with Crippen LogP contribution in [0.15, 0.2) is 64.2 Å². The van der Waals surface area contributed by atoms with E-state index in [9.17, 15) is 23.6 Å². The first-order chi connectivity index (χ1) is 14.9. The minimum absolute atomic E-state index is 0.00499. The molecule has 1 aromatic heterocycles. The van der Waals surface area contributed by atoms with Crippen molar-refractivity contribution in [1.82, 2.24) is 9.55 Å². The number of aryl methyl sites for hydroxylation is 1. The number of aromatic nitrogens is 2. The average Bonchev–Trinajstić information content (AvgIpc) is 2.75. The smallest absolute Gasteiger partial charge is 0.323 e. The largest absolute Gasteiger partial charge is 0.329 e. The van der Waals surface area contributed by atoms with Crippen molar-refractivity contribution in [1.29, 1.82) is 0 Å². The van der Waals surface area contributed by atoms with E-state index >= 15 is 0 Å². The molecule has 0 saturated heterocycles. The lowest BCUT2D eigenvalue weighted by atomic mass is 9.92. The molecule has 2 aromatic carbocycles. The third-order valence-corrected chi connectivity index (χ3v) is 5.15. The van der Waals surface area contributed by atoms with Crippen LogP contribution in [0.25, 0.3) is 0 Å². The maximum absolute atomic E-state index is 13.9. The fraction of sp³-hybridized carbons (Fsp3) is 0.182. The molecule has 0 unspecified atom stereocenters. The van der Waals surface area contributed by atoms with Gasteiger partial charge >= 0.3 is 5.69 Å². The van der Waals surface area contributed by atoms with Crippen molar-refractivity contribution in [3.8, 4) is 0 Å². The summed E-state index contributed by atoms with van der Waals surface area (Å²) in [5.41, 5.74) is -0.569. The van der Waals surface area contributed by atoms with Crippen LogP contribution in [-0.4, -0.2) is 21.4 Å². The van der Waals surface area contributed by atoms with Crippen LogP contribution in [0.3, 0.4) is 0 Å². The Bertz CT molecular complexity index is 1270. The lowest BCUT2D eigenvalue weighted by molar-refractivity contribution is -0.123. The van der Waals surface area contributed by atoms with Crippen molar-refractivity contribution in [2.45, 2.75) is 25.3 Å². The molecule has 0 saturated carbocycles. The minimum atomic E-state index is -1.17. The lowest BCUT2D eigenvalue weighted by Gasteiger charge is -2.26. The number of anilines is 2. The molecule has 0 spiro atoms. The summed E-state index contributed by atoms with van der Waals surface area (Å²) in [6.45, 7) is 0.184. The molecule has 3 aromatic rings. The number of carbonyl (C=O) groups excluding carboxylic acids is 2. The van der Waals surface area contributed by atoms with Crippen LogP contribution < -0.4 is 21.9 Å². The lowest BCUT2D eigenvalue weighted by Crippen LogP contribution is -2.42. The first kappa shape index (κ1) is 20.3. The van der Waals surface area contributed by atoms with Gasteiger partial charge in [-0.15, -0.1) is 0 Å². The summed E-state index contributed by atoms with van der Waals surface area (Å²) in [5, 5.41) is 4.98. The first-order valence-corrected chi connectivity index (χ1v) is 9.70. The Morgan fingerprint density at radius 2 is 1.77 bits per heavy atom. The minimum Gasteiger partial charge on any atom is -0.323 e. The Hall–Kier alpha value is -4.01. The van der Waals surface area contributed by atoms with E-state index in [0.29, 0.717) is 6.42 Å². The zero-order valence-corrected chi connectivity index (χ0v) is 16.4. The summed E-state index contributed by atoms with van der Waals surface area (Å²) < 4.78 is 15.2. The van der Waals surface area contributed by atoms with Gasteiger partial charge in [-0.2, -0.15) is 0 Å². The quantitative estimate of drug-likeness (QED) is 0.584. The molecule has 0 bridgehead atoms. The number of carbonyl (C=O) groups is 2. The Morgan fingerprint density at radius 3 is 2.52 bits per heavy atom. The average molecular weight is 422 g/mol. The molecule has 2 heterocycles. The summed E-state index contributed by atoms with van der Waals surface area (Å²) in [6, 6.07) is 15.0. The van der Waals surface area contributed by atoms with E-state index in [2.05, 4.69) is 15.6 Å². The number of nitrogens with zero attached hydrogens (tertiary/aromatic N) is 1. The highest BCUT2D eigenvalue weighted by molar-refractivity contribution is 6.04. The standard InChI is InChI=1S/C22H19FN4O4/c23-15-8-4-5-9-16(15)24-20(29)14-12-17(28)25-19-18(14)21(30)26-22(31)27(19)11-10-13-6-2-1-3-7-13/h1-9,14H,10-12H2,(H,24,29)(H,25,28)(H,26,30,31)/t14-/m0/s1. The number of H-pyrrole nitrogens is 1. The SMILES string of the molecule is O=C1C[C@H](C(=O)Nc2ccccc2F)c2c(n(CCc3ccccc3)c(=O)[nH]c2=O)N1. The summed E-state index contributed by atoms with van der Waals surface area (Å²) in [4.78, 5) is 52.4. The second-order valence-corrected chi connectivity index (χ2v) is 7.18. The van der Waals surface area contributed by atoms with E-state index in [1.54, 1.807) is 6.07 Å². The number of hydrogen-bond acceptors (Lipinski definition) is 4. The maximum atomic E-state index is 13.9. The van der Waals surface area contributed by atoms with E-state index in [0.717, 1.165) is 5.56 Å². The van der Waals surface area contributed by atoms with Gasteiger partial charge in [0.05, 0.1) is 17.2 Å². The molecule has 9 heteroatoms. The highest BCUT2D eigenvalue weighted by atomic mass is 19.1.